The Kier molecular flexibility index (Phi) is 3.78. The van der Waals surface area contributed by atoms with Gasteiger partial charge in [0, 0.05) is 33.6 Å². The van der Waals surface area contributed by atoms with Gasteiger partial charge in [0.25, 0.3) is 0 Å². The zero-order valence-corrected chi connectivity index (χ0v) is 13.2. The summed E-state index contributed by atoms with van der Waals surface area (Å²) in [5.41, 5.74) is 1.79. The molecular weight excluding hydrogens is 294 g/mol. The number of aromatic nitrogens is 1. The van der Waals surface area contributed by atoms with Crippen molar-refractivity contribution in [2.45, 2.75) is 42.6 Å². The van der Waals surface area contributed by atoms with E-state index in [1.807, 2.05) is 30.3 Å². The summed E-state index contributed by atoms with van der Waals surface area (Å²) in [6, 6.07) is 9.59. The van der Waals surface area contributed by atoms with Crippen molar-refractivity contribution in [3.63, 3.8) is 0 Å². The first-order chi connectivity index (χ1) is 10.8. The lowest BCUT2D eigenvalue weighted by Gasteiger charge is -2.37. The molecule has 114 valence electrons. The Bertz CT molecular complexity index is 638. The Morgan fingerprint density at radius 1 is 1.09 bits per heavy atom. The molecule has 0 saturated carbocycles. The standard InChI is InChI=1S/C18H19NO2S/c20-18(14-10-15-2-1-3-16(11-14)22-15)13-6-4-12(5-7-13)17-8-9-19-21-17/h4-9,14-16H,1-3,10-11H2. The van der Waals surface area contributed by atoms with Crippen molar-refractivity contribution in [2.75, 3.05) is 0 Å². The van der Waals surface area contributed by atoms with Gasteiger partial charge in [-0.3, -0.25) is 4.79 Å². The van der Waals surface area contributed by atoms with Gasteiger partial charge in [-0.2, -0.15) is 11.8 Å². The molecule has 0 amide bonds. The molecule has 2 aliphatic heterocycles. The largest absolute Gasteiger partial charge is 0.356 e. The number of hydrogen-bond acceptors (Lipinski definition) is 4. The molecule has 2 bridgehead atoms. The predicted molar refractivity (Wildman–Crippen MR) is 88.0 cm³/mol. The van der Waals surface area contributed by atoms with Crippen LogP contribution in [0.2, 0.25) is 0 Å². The van der Waals surface area contributed by atoms with Gasteiger partial charge in [-0.05, 0) is 25.7 Å². The molecule has 2 atom stereocenters. The monoisotopic (exact) mass is 313 g/mol. The van der Waals surface area contributed by atoms with Crippen molar-refractivity contribution in [1.82, 2.24) is 5.16 Å². The lowest BCUT2D eigenvalue weighted by Crippen LogP contribution is -2.32. The van der Waals surface area contributed by atoms with Gasteiger partial charge in [0.15, 0.2) is 11.5 Å². The fraction of sp³-hybridized carbons (Fsp3) is 0.444. The number of thioether (sulfide) groups is 1. The summed E-state index contributed by atoms with van der Waals surface area (Å²) in [5, 5.41) is 5.12. The molecule has 2 aromatic rings. The molecule has 1 aromatic heterocycles. The summed E-state index contributed by atoms with van der Waals surface area (Å²) in [7, 11) is 0. The second kappa shape index (κ2) is 5.92. The maximum atomic E-state index is 12.8. The van der Waals surface area contributed by atoms with Crippen LogP contribution in [0.1, 0.15) is 42.5 Å². The fourth-order valence-corrected chi connectivity index (χ4v) is 5.51. The lowest BCUT2D eigenvalue weighted by molar-refractivity contribution is 0.0896. The molecule has 2 aliphatic rings. The Hall–Kier alpha value is -1.55. The van der Waals surface area contributed by atoms with Gasteiger partial charge in [0.1, 0.15) is 0 Å². The number of rotatable bonds is 3. The number of nitrogens with zero attached hydrogens (tertiary/aromatic N) is 1. The number of carbonyl (C=O) groups excluding carboxylic acids is 1. The molecule has 2 saturated heterocycles. The Balaban J connectivity index is 1.50. The van der Waals surface area contributed by atoms with E-state index < -0.39 is 0 Å². The maximum absolute atomic E-state index is 12.8. The van der Waals surface area contributed by atoms with E-state index >= 15 is 0 Å². The highest BCUT2D eigenvalue weighted by Gasteiger charge is 2.35. The smallest absolute Gasteiger partial charge is 0.166 e. The molecular formula is C18H19NO2S. The topological polar surface area (TPSA) is 43.1 Å². The van der Waals surface area contributed by atoms with E-state index in [1.54, 1.807) is 6.20 Å². The fourth-order valence-electron chi connectivity index (χ4n) is 3.67. The summed E-state index contributed by atoms with van der Waals surface area (Å²) in [4.78, 5) is 12.8. The predicted octanol–water partition coefficient (Wildman–Crippen LogP) is 4.59. The third-order valence-corrected chi connectivity index (χ3v) is 6.42. The van der Waals surface area contributed by atoms with E-state index in [9.17, 15) is 4.79 Å². The van der Waals surface area contributed by atoms with Crippen molar-refractivity contribution in [2.24, 2.45) is 5.92 Å². The number of carbonyl (C=O) groups is 1. The van der Waals surface area contributed by atoms with Crippen molar-refractivity contribution in [3.8, 4) is 11.3 Å². The van der Waals surface area contributed by atoms with Crippen molar-refractivity contribution >= 4 is 17.5 Å². The molecule has 0 radical (unpaired) electrons. The summed E-state index contributed by atoms with van der Waals surface area (Å²) in [5.74, 6) is 1.27. The molecule has 3 nitrogen and oxygen atoms in total. The third kappa shape index (κ3) is 2.72. The van der Waals surface area contributed by atoms with Crippen LogP contribution >= 0.6 is 11.8 Å². The quantitative estimate of drug-likeness (QED) is 0.777. The van der Waals surface area contributed by atoms with Crippen LogP contribution in [0.25, 0.3) is 11.3 Å². The molecule has 0 aliphatic carbocycles. The van der Waals surface area contributed by atoms with Crippen LogP contribution in [0.5, 0.6) is 0 Å². The highest BCUT2D eigenvalue weighted by molar-refractivity contribution is 8.00. The van der Waals surface area contributed by atoms with Crippen LogP contribution in [-0.2, 0) is 0 Å². The number of ketones is 1. The van der Waals surface area contributed by atoms with Crippen LogP contribution in [0.3, 0.4) is 0 Å². The van der Waals surface area contributed by atoms with Crippen LogP contribution < -0.4 is 0 Å². The van der Waals surface area contributed by atoms with E-state index in [4.69, 9.17) is 4.52 Å². The van der Waals surface area contributed by atoms with Crippen LogP contribution in [0.4, 0.5) is 0 Å². The van der Waals surface area contributed by atoms with Crippen molar-refractivity contribution in [3.05, 3.63) is 42.1 Å². The number of fused-ring (bicyclic) bond motifs is 2. The molecule has 22 heavy (non-hydrogen) atoms. The van der Waals surface area contributed by atoms with Gasteiger partial charge in [-0.15, -0.1) is 0 Å². The average molecular weight is 313 g/mol. The van der Waals surface area contributed by atoms with E-state index in [2.05, 4.69) is 16.9 Å². The van der Waals surface area contributed by atoms with E-state index in [1.165, 1.54) is 19.3 Å². The second-order valence-corrected chi connectivity index (χ2v) is 7.90. The van der Waals surface area contributed by atoms with E-state index in [-0.39, 0.29) is 5.92 Å². The third-order valence-electron chi connectivity index (χ3n) is 4.79. The first kappa shape index (κ1) is 14.1. The van der Waals surface area contributed by atoms with Crippen LogP contribution in [-0.4, -0.2) is 21.4 Å². The van der Waals surface area contributed by atoms with Crippen LogP contribution in [0, 0.1) is 5.92 Å². The SMILES string of the molecule is O=C(c1ccc(-c2ccno2)cc1)C1CC2CCCC(C1)S2. The normalized spacial score (nSPS) is 27.5. The molecule has 4 rings (SSSR count). The van der Waals surface area contributed by atoms with Gasteiger partial charge < -0.3 is 4.52 Å². The molecule has 2 fully saturated rings. The molecule has 1 aromatic carbocycles. The van der Waals surface area contributed by atoms with Crippen molar-refractivity contribution in [1.29, 1.82) is 0 Å². The van der Waals surface area contributed by atoms with E-state index in [0.717, 1.165) is 29.7 Å². The van der Waals surface area contributed by atoms with Gasteiger partial charge in [0.2, 0.25) is 0 Å². The second-order valence-electron chi connectivity index (χ2n) is 6.30. The van der Waals surface area contributed by atoms with Gasteiger partial charge in [-0.25, -0.2) is 0 Å². The Morgan fingerprint density at radius 2 is 1.82 bits per heavy atom. The Morgan fingerprint density at radius 3 is 2.45 bits per heavy atom. The minimum atomic E-state index is 0.215. The van der Waals surface area contributed by atoms with Crippen LogP contribution in [0.15, 0.2) is 41.1 Å². The summed E-state index contributed by atoms with van der Waals surface area (Å²) >= 11 is 2.12. The minimum absolute atomic E-state index is 0.215. The highest BCUT2D eigenvalue weighted by Crippen LogP contribution is 2.44. The molecule has 2 unspecified atom stereocenters. The summed E-state index contributed by atoms with van der Waals surface area (Å²) in [6.45, 7) is 0. The van der Waals surface area contributed by atoms with Gasteiger partial charge in [0.05, 0.1) is 6.20 Å². The average Bonchev–Trinajstić information content (AvgIpc) is 3.08. The lowest BCUT2D eigenvalue weighted by atomic mass is 9.84. The number of benzene rings is 1. The molecule has 0 N–H and O–H groups in total. The molecule has 4 heteroatoms. The zero-order valence-electron chi connectivity index (χ0n) is 12.4. The zero-order chi connectivity index (χ0) is 14.9. The van der Waals surface area contributed by atoms with Gasteiger partial charge >= 0.3 is 0 Å². The number of Topliss-reactive ketones (excluding diaryl/α,β-unsaturated/α-hetero) is 1. The highest BCUT2D eigenvalue weighted by atomic mass is 32.2. The van der Waals surface area contributed by atoms with E-state index in [0.29, 0.717) is 16.3 Å². The molecule has 3 heterocycles. The summed E-state index contributed by atoms with van der Waals surface area (Å²) < 4.78 is 5.15. The van der Waals surface area contributed by atoms with Crippen molar-refractivity contribution < 1.29 is 9.32 Å². The maximum Gasteiger partial charge on any atom is 0.166 e. The van der Waals surface area contributed by atoms with Gasteiger partial charge in [-0.1, -0.05) is 35.8 Å². The molecule has 0 spiro atoms. The minimum Gasteiger partial charge on any atom is -0.356 e. The number of hydrogen-bond donors (Lipinski definition) is 0. The summed E-state index contributed by atoms with van der Waals surface area (Å²) in [6.07, 6.45) is 7.67. The first-order valence-corrected chi connectivity index (χ1v) is 8.94. The first-order valence-electron chi connectivity index (χ1n) is 8.00. The Labute approximate surface area is 134 Å².